The number of carbonyl (C=O) groups is 1. The molecule has 124 valence electrons. The Kier molecular flexibility index (Phi) is 6.98. The predicted octanol–water partition coefficient (Wildman–Crippen LogP) is 3.66. The van der Waals surface area contributed by atoms with Gasteiger partial charge in [0.15, 0.2) is 0 Å². The summed E-state index contributed by atoms with van der Waals surface area (Å²) in [5, 5.41) is 3.58. The van der Waals surface area contributed by atoms with Crippen LogP contribution in [0.3, 0.4) is 0 Å². The van der Waals surface area contributed by atoms with E-state index in [1.54, 1.807) is 0 Å². The van der Waals surface area contributed by atoms with Gasteiger partial charge < -0.3 is 15.0 Å². The average Bonchev–Trinajstić information content (AvgIpc) is 2.36. The molecule has 4 nitrogen and oxygen atoms in total. The Morgan fingerprint density at radius 3 is 2.57 bits per heavy atom. The van der Waals surface area contributed by atoms with Crippen molar-refractivity contribution in [3.63, 3.8) is 0 Å². The number of nitrogens with zero attached hydrogens (tertiary/aromatic N) is 1. The van der Waals surface area contributed by atoms with Gasteiger partial charge in [-0.3, -0.25) is 0 Å². The summed E-state index contributed by atoms with van der Waals surface area (Å²) >= 11 is 0. The van der Waals surface area contributed by atoms with E-state index in [9.17, 15) is 4.79 Å². The van der Waals surface area contributed by atoms with E-state index in [2.05, 4.69) is 26.1 Å². The van der Waals surface area contributed by atoms with Crippen molar-refractivity contribution in [2.75, 3.05) is 19.6 Å². The van der Waals surface area contributed by atoms with Gasteiger partial charge >= 0.3 is 6.09 Å². The third kappa shape index (κ3) is 7.16. The van der Waals surface area contributed by atoms with Gasteiger partial charge in [-0.15, -0.1) is 0 Å². The minimum Gasteiger partial charge on any atom is -0.444 e. The number of hydrogen-bond donors (Lipinski definition) is 1. The van der Waals surface area contributed by atoms with Gasteiger partial charge in [0.2, 0.25) is 0 Å². The van der Waals surface area contributed by atoms with Crippen LogP contribution in [0.2, 0.25) is 0 Å². The van der Waals surface area contributed by atoms with Gasteiger partial charge in [-0.1, -0.05) is 13.8 Å². The highest BCUT2D eigenvalue weighted by Gasteiger charge is 2.27. The van der Waals surface area contributed by atoms with E-state index in [0.29, 0.717) is 17.9 Å². The lowest BCUT2D eigenvalue weighted by atomic mass is 9.94. The Balaban J connectivity index is 2.33. The van der Waals surface area contributed by atoms with Crippen LogP contribution >= 0.6 is 0 Å². The molecule has 1 amide bonds. The Labute approximate surface area is 130 Å². The molecule has 1 rings (SSSR count). The van der Waals surface area contributed by atoms with Crippen LogP contribution in [0.5, 0.6) is 0 Å². The largest absolute Gasteiger partial charge is 0.444 e. The highest BCUT2D eigenvalue weighted by atomic mass is 16.6. The normalized spacial score (nSPS) is 21.5. The molecule has 1 saturated heterocycles. The second-order valence-corrected chi connectivity index (χ2v) is 7.71. The predicted molar refractivity (Wildman–Crippen MR) is 87.5 cm³/mol. The van der Waals surface area contributed by atoms with Gasteiger partial charge in [0.25, 0.3) is 0 Å². The summed E-state index contributed by atoms with van der Waals surface area (Å²) in [6.07, 6.45) is 3.28. The monoisotopic (exact) mass is 298 g/mol. The van der Waals surface area contributed by atoms with E-state index in [1.807, 2.05) is 25.7 Å². The number of hydrogen-bond acceptors (Lipinski definition) is 3. The van der Waals surface area contributed by atoms with Crippen LogP contribution in [-0.2, 0) is 4.74 Å². The quantitative estimate of drug-likeness (QED) is 0.842. The summed E-state index contributed by atoms with van der Waals surface area (Å²) < 4.78 is 5.47. The average molecular weight is 298 g/mol. The molecule has 0 bridgehead atoms. The minimum absolute atomic E-state index is 0.157. The van der Waals surface area contributed by atoms with Gasteiger partial charge in [-0.25, -0.2) is 4.79 Å². The molecule has 0 aliphatic carbocycles. The molecule has 21 heavy (non-hydrogen) atoms. The fourth-order valence-electron chi connectivity index (χ4n) is 2.54. The summed E-state index contributed by atoms with van der Waals surface area (Å²) in [6, 6.07) is 0.551. The van der Waals surface area contributed by atoms with Gasteiger partial charge in [0, 0.05) is 19.1 Å². The van der Waals surface area contributed by atoms with Crippen molar-refractivity contribution in [2.45, 2.75) is 72.4 Å². The first kappa shape index (κ1) is 18.3. The standard InChI is InChI=1S/C17H34N2O2/c1-13(2)14(3)18-10-9-15-8-7-11-19(12-15)16(20)21-17(4,5)6/h13-15,18H,7-12H2,1-6H3. The van der Waals surface area contributed by atoms with Crippen LogP contribution in [0.15, 0.2) is 0 Å². The topological polar surface area (TPSA) is 41.6 Å². The molecule has 1 heterocycles. The van der Waals surface area contributed by atoms with Gasteiger partial charge in [-0.2, -0.15) is 0 Å². The molecular formula is C17H34N2O2. The molecule has 0 radical (unpaired) electrons. The number of rotatable bonds is 5. The highest BCUT2D eigenvalue weighted by molar-refractivity contribution is 5.68. The molecule has 4 heteroatoms. The van der Waals surface area contributed by atoms with Crippen molar-refractivity contribution in [3.8, 4) is 0 Å². The molecule has 1 aliphatic rings. The summed E-state index contributed by atoms with van der Waals surface area (Å²) in [7, 11) is 0. The SMILES string of the molecule is CC(C)C(C)NCCC1CCCN(C(=O)OC(C)(C)C)C1. The molecule has 0 spiro atoms. The first-order chi connectivity index (χ1) is 9.69. The molecule has 0 aromatic carbocycles. The molecule has 2 atom stereocenters. The zero-order valence-corrected chi connectivity index (χ0v) is 14.7. The molecule has 0 aromatic heterocycles. The van der Waals surface area contributed by atoms with Gasteiger partial charge in [-0.05, 0) is 65.3 Å². The molecule has 1 N–H and O–H groups in total. The lowest BCUT2D eigenvalue weighted by Crippen LogP contribution is -2.43. The second kappa shape index (κ2) is 8.02. The van der Waals surface area contributed by atoms with E-state index in [1.165, 1.54) is 6.42 Å². The lowest BCUT2D eigenvalue weighted by molar-refractivity contribution is 0.0161. The molecule has 2 unspecified atom stereocenters. The number of amides is 1. The zero-order chi connectivity index (χ0) is 16.0. The van der Waals surface area contributed by atoms with E-state index >= 15 is 0 Å². The Bertz CT molecular complexity index is 323. The third-order valence-electron chi connectivity index (χ3n) is 4.19. The summed E-state index contributed by atoms with van der Waals surface area (Å²) in [5.74, 6) is 1.26. The first-order valence-electron chi connectivity index (χ1n) is 8.40. The van der Waals surface area contributed by atoms with Crippen LogP contribution < -0.4 is 5.32 Å². The third-order valence-corrected chi connectivity index (χ3v) is 4.19. The maximum absolute atomic E-state index is 12.1. The van der Waals surface area contributed by atoms with E-state index in [0.717, 1.165) is 32.5 Å². The molecule has 0 aromatic rings. The fraction of sp³-hybridized carbons (Fsp3) is 0.941. The molecule has 0 saturated carbocycles. The summed E-state index contributed by atoms with van der Waals surface area (Å²) in [4.78, 5) is 14.0. The van der Waals surface area contributed by atoms with Crippen LogP contribution in [0.4, 0.5) is 4.79 Å². The molecule has 1 aliphatic heterocycles. The maximum atomic E-state index is 12.1. The highest BCUT2D eigenvalue weighted by Crippen LogP contribution is 2.21. The van der Waals surface area contributed by atoms with Crippen molar-refractivity contribution in [2.24, 2.45) is 11.8 Å². The second-order valence-electron chi connectivity index (χ2n) is 7.71. The van der Waals surface area contributed by atoms with Crippen molar-refractivity contribution < 1.29 is 9.53 Å². The van der Waals surface area contributed by atoms with Crippen molar-refractivity contribution in [1.29, 1.82) is 0 Å². The summed E-state index contributed by atoms with van der Waals surface area (Å²) in [6.45, 7) is 15.2. The van der Waals surface area contributed by atoms with Crippen LogP contribution in [0, 0.1) is 11.8 Å². The van der Waals surface area contributed by atoms with Crippen molar-refractivity contribution >= 4 is 6.09 Å². The van der Waals surface area contributed by atoms with E-state index in [4.69, 9.17) is 4.74 Å². The van der Waals surface area contributed by atoms with E-state index < -0.39 is 5.60 Å². The molecular weight excluding hydrogens is 264 g/mol. The minimum atomic E-state index is -0.404. The van der Waals surface area contributed by atoms with Crippen LogP contribution in [0.25, 0.3) is 0 Å². The smallest absolute Gasteiger partial charge is 0.410 e. The Morgan fingerprint density at radius 1 is 1.33 bits per heavy atom. The summed E-state index contributed by atoms with van der Waals surface area (Å²) in [5.41, 5.74) is -0.404. The van der Waals surface area contributed by atoms with Gasteiger partial charge in [0.05, 0.1) is 0 Å². The van der Waals surface area contributed by atoms with Gasteiger partial charge in [0.1, 0.15) is 5.60 Å². The fourth-order valence-corrected chi connectivity index (χ4v) is 2.54. The number of piperidine rings is 1. The van der Waals surface area contributed by atoms with Crippen LogP contribution in [0.1, 0.15) is 60.8 Å². The number of ether oxygens (including phenoxy) is 1. The van der Waals surface area contributed by atoms with E-state index in [-0.39, 0.29) is 6.09 Å². The Morgan fingerprint density at radius 2 is 2.00 bits per heavy atom. The number of nitrogens with one attached hydrogen (secondary N) is 1. The number of carbonyl (C=O) groups excluding carboxylic acids is 1. The van der Waals surface area contributed by atoms with Crippen molar-refractivity contribution in [3.05, 3.63) is 0 Å². The zero-order valence-electron chi connectivity index (χ0n) is 14.7. The Hall–Kier alpha value is -0.770. The first-order valence-corrected chi connectivity index (χ1v) is 8.40. The lowest BCUT2D eigenvalue weighted by Gasteiger charge is -2.34. The molecule has 1 fully saturated rings. The number of likely N-dealkylation sites (tertiary alicyclic amines) is 1. The maximum Gasteiger partial charge on any atom is 0.410 e. The van der Waals surface area contributed by atoms with Crippen LogP contribution in [-0.4, -0.2) is 42.3 Å². The van der Waals surface area contributed by atoms with Crippen molar-refractivity contribution in [1.82, 2.24) is 10.2 Å².